The fourth-order valence-corrected chi connectivity index (χ4v) is 2.01. The normalized spacial score (nSPS) is 13.8. The summed E-state index contributed by atoms with van der Waals surface area (Å²) in [5.74, 6) is 0. The van der Waals surface area contributed by atoms with Gasteiger partial charge in [0, 0.05) is 4.47 Å². The first-order chi connectivity index (χ1) is 8.99. The van der Waals surface area contributed by atoms with Gasteiger partial charge in [0.2, 0.25) is 0 Å². The van der Waals surface area contributed by atoms with Gasteiger partial charge in [-0.25, -0.2) is 4.79 Å². The van der Waals surface area contributed by atoms with Crippen LogP contribution in [0.3, 0.4) is 0 Å². The molecular weight excluding hydrogens is 322 g/mol. The molecule has 0 aliphatic carbocycles. The van der Waals surface area contributed by atoms with E-state index in [2.05, 4.69) is 21.2 Å². The topological polar surface area (TPSA) is 58.6 Å². The Bertz CT molecular complexity index is 457. The van der Waals surface area contributed by atoms with Crippen molar-refractivity contribution in [3.63, 3.8) is 0 Å². The van der Waals surface area contributed by atoms with E-state index in [-0.39, 0.29) is 0 Å². The molecular formula is C15H22BrNO3. The van der Waals surface area contributed by atoms with E-state index >= 15 is 0 Å². The van der Waals surface area contributed by atoms with Crippen LogP contribution in [0, 0.1) is 0 Å². The van der Waals surface area contributed by atoms with E-state index in [4.69, 9.17) is 4.74 Å². The molecule has 0 bridgehead atoms. The van der Waals surface area contributed by atoms with Crippen LogP contribution in [0.2, 0.25) is 0 Å². The molecule has 1 unspecified atom stereocenters. The van der Waals surface area contributed by atoms with Crippen molar-refractivity contribution in [1.29, 1.82) is 0 Å². The minimum absolute atomic E-state index is 0.549. The molecule has 0 aromatic heterocycles. The number of nitrogens with one attached hydrogen (secondary N) is 1. The van der Waals surface area contributed by atoms with Crippen LogP contribution in [0.25, 0.3) is 0 Å². The lowest BCUT2D eigenvalue weighted by molar-refractivity contribution is 0.0163. The van der Waals surface area contributed by atoms with E-state index in [9.17, 15) is 9.90 Å². The second kappa shape index (κ2) is 6.14. The second-order valence-corrected chi connectivity index (χ2v) is 7.20. The third-order valence-corrected chi connectivity index (χ3v) is 3.10. The van der Waals surface area contributed by atoms with Gasteiger partial charge in [-0.05, 0) is 52.3 Å². The summed E-state index contributed by atoms with van der Waals surface area (Å²) in [4.78, 5) is 11.9. The van der Waals surface area contributed by atoms with Gasteiger partial charge < -0.3 is 15.2 Å². The highest BCUT2D eigenvalue weighted by atomic mass is 79.9. The van der Waals surface area contributed by atoms with Crippen molar-refractivity contribution in [2.45, 2.75) is 51.9 Å². The van der Waals surface area contributed by atoms with Crippen LogP contribution in [-0.2, 0) is 4.74 Å². The van der Waals surface area contributed by atoms with Crippen molar-refractivity contribution >= 4 is 22.0 Å². The Kier molecular flexibility index (Phi) is 5.21. The monoisotopic (exact) mass is 343 g/mol. The van der Waals surface area contributed by atoms with Gasteiger partial charge in [-0.1, -0.05) is 28.1 Å². The molecule has 1 aromatic carbocycles. The SMILES string of the molecule is CC(C)(C)OC(=O)NC(c1ccc(Br)cc1)C(C)(C)O. The molecule has 0 aliphatic rings. The maximum atomic E-state index is 11.9. The van der Waals surface area contributed by atoms with Crippen molar-refractivity contribution in [3.8, 4) is 0 Å². The number of benzene rings is 1. The van der Waals surface area contributed by atoms with Crippen molar-refractivity contribution in [3.05, 3.63) is 34.3 Å². The van der Waals surface area contributed by atoms with Gasteiger partial charge in [-0.2, -0.15) is 0 Å². The van der Waals surface area contributed by atoms with Crippen LogP contribution in [-0.4, -0.2) is 22.4 Å². The Morgan fingerprint density at radius 3 is 2.10 bits per heavy atom. The Balaban J connectivity index is 2.92. The molecule has 1 aromatic rings. The number of carbonyl (C=O) groups is 1. The Morgan fingerprint density at radius 1 is 1.20 bits per heavy atom. The number of carbonyl (C=O) groups excluding carboxylic acids is 1. The molecule has 1 amide bonds. The summed E-state index contributed by atoms with van der Waals surface area (Å²) in [7, 11) is 0. The first kappa shape index (κ1) is 17.0. The van der Waals surface area contributed by atoms with Crippen molar-refractivity contribution in [2.75, 3.05) is 0 Å². The molecule has 5 heteroatoms. The quantitative estimate of drug-likeness (QED) is 0.877. The van der Waals surface area contributed by atoms with Crippen LogP contribution in [0.4, 0.5) is 4.79 Å². The minimum atomic E-state index is -1.11. The lowest BCUT2D eigenvalue weighted by atomic mass is 9.92. The average molecular weight is 344 g/mol. The van der Waals surface area contributed by atoms with Crippen LogP contribution < -0.4 is 5.32 Å². The number of alkyl carbamates (subject to hydrolysis) is 1. The van der Waals surface area contributed by atoms with Gasteiger partial charge in [0.15, 0.2) is 0 Å². The van der Waals surface area contributed by atoms with Crippen LogP contribution >= 0.6 is 15.9 Å². The highest BCUT2D eigenvalue weighted by Crippen LogP contribution is 2.27. The molecule has 1 rings (SSSR count). The number of amides is 1. The summed E-state index contributed by atoms with van der Waals surface area (Å²) in [5, 5.41) is 13.0. The molecule has 0 saturated carbocycles. The zero-order valence-electron chi connectivity index (χ0n) is 12.5. The predicted octanol–water partition coefficient (Wildman–Crippen LogP) is 3.79. The van der Waals surface area contributed by atoms with Gasteiger partial charge in [-0.3, -0.25) is 0 Å². The molecule has 2 N–H and O–H groups in total. The molecule has 20 heavy (non-hydrogen) atoms. The van der Waals surface area contributed by atoms with Crippen molar-refractivity contribution < 1.29 is 14.6 Å². The summed E-state index contributed by atoms with van der Waals surface area (Å²) in [6.45, 7) is 8.69. The summed E-state index contributed by atoms with van der Waals surface area (Å²) < 4.78 is 6.18. The van der Waals surface area contributed by atoms with Gasteiger partial charge >= 0.3 is 6.09 Å². The zero-order valence-corrected chi connectivity index (χ0v) is 14.1. The van der Waals surface area contributed by atoms with E-state index in [0.29, 0.717) is 0 Å². The number of halogens is 1. The Morgan fingerprint density at radius 2 is 1.70 bits per heavy atom. The second-order valence-electron chi connectivity index (χ2n) is 6.28. The summed E-state index contributed by atoms with van der Waals surface area (Å²) in [5.41, 5.74) is -0.870. The number of aliphatic hydroxyl groups is 1. The molecule has 0 spiro atoms. The molecule has 112 valence electrons. The molecule has 1 atom stereocenters. The third-order valence-electron chi connectivity index (χ3n) is 2.57. The lowest BCUT2D eigenvalue weighted by Crippen LogP contribution is -2.44. The first-order valence-electron chi connectivity index (χ1n) is 6.46. The maximum Gasteiger partial charge on any atom is 0.408 e. The van der Waals surface area contributed by atoms with E-state index in [1.165, 1.54) is 0 Å². The number of ether oxygens (including phenoxy) is 1. The van der Waals surface area contributed by atoms with Crippen molar-refractivity contribution in [2.24, 2.45) is 0 Å². The molecule has 4 nitrogen and oxygen atoms in total. The summed E-state index contributed by atoms with van der Waals surface area (Å²) in [6, 6.07) is 6.88. The summed E-state index contributed by atoms with van der Waals surface area (Å²) in [6.07, 6.45) is -0.549. The third kappa shape index (κ3) is 5.51. The van der Waals surface area contributed by atoms with Crippen molar-refractivity contribution in [1.82, 2.24) is 5.32 Å². The lowest BCUT2D eigenvalue weighted by Gasteiger charge is -2.31. The van der Waals surface area contributed by atoms with Gasteiger partial charge in [0.1, 0.15) is 5.60 Å². The van der Waals surface area contributed by atoms with Gasteiger partial charge in [0.05, 0.1) is 11.6 Å². The number of hydrogen-bond acceptors (Lipinski definition) is 3. The largest absolute Gasteiger partial charge is 0.444 e. The smallest absolute Gasteiger partial charge is 0.408 e. The van der Waals surface area contributed by atoms with Crippen LogP contribution in [0.5, 0.6) is 0 Å². The average Bonchev–Trinajstić information content (AvgIpc) is 2.23. The zero-order chi connectivity index (χ0) is 15.6. The van der Waals surface area contributed by atoms with E-state index in [1.807, 2.05) is 24.3 Å². The summed E-state index contributed by atoms with van der Waals surface area (Å²) >= 11 is 3.36. The molecule has 0 fully saturated rings. The Hall–Kier alpha value is -1.07. The van der Waals surface area contributed by atoms with E-state index < -0.39 is 23.3 Å². The van der Waals surface area contributed by atoms with E-state index in [1.54, 1.807) is 34.6 Å². The number of hydrogen-bond donors (Lipinski definition) is 2. The molecule has 0 saturated heterocycles. The van der Waals surface area contributed by atoms with Crippen LogP contribution in [0.1, 0.15) is 46.2 Å². The number of rotatable bonds is 3. The highest BCUT2D eigenvalue weighted by Gasteiger charge is 2.31. The standard InChI is InChI=1S/C15H22BrNO3/c1-14(2,3)20-13(18)17-12(15(4,5)19)10-6-8-11(16)9-7-10/h6-9,12,19H,1-5H3,(H,17,18). The fraction of sp³-hybridized carbons (Fsp3) is 0.533. The Labute approximate surface area is 128 Å². The minimum Gasteiger partial charge on any atom is -0.444 e. The highest BCUT2D eigenvalue weighted by molar-refractivity contribution is 9.10. The van der Waals surface area contributed by atoms with E-state index in [0.717, 1.165) is 10.0 Å². The molecule has 0 heterocycles. The molecule has 0 aliphatic heterocycles. The van der Waals surface area contributed by atoms with Gasteiger partial charge in [-0.15, -0.1) is 0 Å². The molecule has 0 radical (unpaired) electrons. The predicted molar refractivity (Wildman–Crippen MR) is 82.6 cm³/mol. The van der Waals surface area contributed by atoms with Gasteiger partial charge in [0.25, 0.3) is 0 Å². The first-order valence-corrected chi connectivity index (χ1v) is 7.26. The fourth-order valence-electron chi connectivity index (χ4n) is 1.75. The van der Waals surface area contributed by atoms with Crippen LogP contribution in [0.15, 0.2) is 28.7 Å². The maximum absolute atomic E-state index is 11.9.